The first kappa shape index (κ1) is 17.5. The summed E-state index contributed by atoms with van der Waals surface area (Å²) in [6, 6.07) is 7.73. The fraction of sp³-hybridized carbons (Fsp3) is 0.0588. The van der Waals surface area contributed by atoms with Crippen LogP contribution in [0.2, 0.25) is 0 Å². The lowest BCUT2D eigenvalue weighted by Crippen LogP contribution is -2.13. The Balaban J connectivity index is 1.92. The smallest absolute Gasteiger partial charge is 0.406 e. The number of hydrogen-bond acceptors (Lipinski definition) is 3. The van der Waals surface area contributed by atoms with E-state index in [0.717, 1.165) is 6.07 Å². The summed E-state index contributed by atoms with van der Waals surface area (Å²) in [4.78, 5) is 26.2. The predicted molar refractivity (Wildman–Crippen MR) is 83.2 cm³/mol. The van der Waals surface area contributed by atoms with E-state index in [1.165, 1.54) is 12.1 Å². The molecule has 3 N–H and O–H groups in total. The van der Waals surface area contributed by atoms with Crippen LogP contribution < -0.4 is 10.5 Å². The molecule has 134 valence electrons. The maximum absolute atomic E-state index is 13.3. The first-order chi connectivity index (χ1) is 12.2. The van der Waals surface area contributed by atoms with E-state index in [1.807, 2.05) is 0 Å². The van der Waals surface area contributed by atoms with E-state index in [1.54, 1.807) is 12.1 Å². The second kappa shape index (κ2) is 6.17. The molecule has 2 aromatic carbocycles. The summed E-state index contributed by atoms with van der Waals surface area (Å²) in [5, 5.41) is 0.387. The van der Waals surface area contributed by atoms with Gasteiger partial charge in [0.15, 0.2) is 0 Å². The van der Waals surface area contributed by atoms with Gasteiger partial charge in [-0.3, -0.25) is 4.79 Å². The summed E-state index contributed by atoms with van der Waals surface area (Å²) >= 11 is 0. The molecule has 0 spiro atoms. The third-order valence-electron chi connectivity index (χ3n) is 3.62. The van der Waals surface area contributed by atoms with Crippen molar-refractivity contribution in [2.45, 2.75) is 6.18 Å². The number of nitrogens with two attached hydrogens (primary N) is 1. The molecule has 1 amide bonds. The number of hydrogen-bond donors (Lipinski definition) is 2. The SMILES string of the molecule is NC(=O)c1cccc2[nH]c(OC(=O)c3ccc(F)c(C(F)(F)F)c3)cc12. The third kappa shape index (κ3) is 3.23. The van der Waals surface area contributed by atoms with Gasteiger partial charge in [0, 0.05) is 22.5 Å². The Morgan fingerprint density at radius 2 is 1.81 bits per heavy atom. The molecule has 26 heavy (non-hydrogen) atoms. The maximum atomic E-state index is 13.3. The molecule has 0 saturated carbocycles. The van der Waals surface area contributed by atoms with Crippen LogP contribution >= 0.6 is 0 Å². The van der Waals surface area contributed by atoms with Crippen LogP contribution in [-0.4, -0.2) is 16.9 Å². The molecule has 0 fully saturated rings. The van der Waals surface area contributed by atoms with Gasteiger partial charge in [-0.15, -0.1) is 0 Å². The maximum Gasteiger partial charge on any atom is 0.419 e. The molecular weight excluding hydrogens is 356 g/mol. The monoisotopic (exact) mass is 366 g/mol. The number of fused-ring (bicyclic) bond motifs is 1. The quantitative estimate of drug-likeness (QED) is 0.548. The van der Waals surface area contributed by atoms with Gasteiger partial charge in [-0.2, -0.15) is 13.2 Å². The van der Waals surface area contributed by atoms with Gasteiger partial charge in [0.2, 0.25) is 11.8 Å². The van der Waals surface area contributed by atoms with E-state index in [-0.39, 0.29) is 11.4 Å². The largest absolute Gasteiger partial charge is 0.419 e. The average molecular weight is 366 g/mol. The van der Waals surface area contributed by atoms with Crippen LogP contribution in [0.5, 0.6) is 5.88 Å². The normalized spacial score (nSPS) is 11.5. The standard InChI is InChI=1S/C17H10F4N2O3/c18-12-5-4-8(6-11(12)17(19,20)21)16(25)26-14-7-10-9(15(22)24)2-1-3-13(10)23-14/h1-7,23H,(H2,22,24). The Kier molecular flexibility index (Phi) is 4.15. The number of primary amides is 1. The van der Waals surface area contributed by atoms with Crippen LogP contribution in [0.25, 0.3) is 10.9 Å². The summed E-state index contributed by atoms with van der Waals surface area (Å²) in [7, 11) is 0. The molecule has 0 radical (unpaired) electrons. The van der Waals surface area contributed by atoms with E-state index < -0.39 is 35.0 Å². The number of halogens is 4. The number of rotatable bonds is 3. The molecule has 9 heteroatoms. The van der Waals surface area contributed by atoms with Crippen LogP contribution in [0, 0.1) is 5.82 Å². The molecule has 3 rings (SSSR count). The van der Waals surface area contributed by atoms with Crippen molar-refractivity contribution in [3.05, 3.63) is 65.0 Å². The number of H-pyrrole nitrogens is 1. The Morgan fingerprint density at radius 1 is 1.08 bits per heavy atom. The van der Waals surface area contributed by atoms with E-state index in [4.69, 9.17) is 10.5 Å². The highest BCUT2D eigenvalue weighted by molar-refractivity contribution is 6.06. The fourth-order valence-corrected chi connectivity index (χ4v) is 2.43. The van der Waals surface area contributed by atoms with Crippen molar-refractivity contribution in [3.8, 4) is 5.88 Å². The molecule has 0 saturated heterocycles. The average Bonchev–Trinajstić information content (AvgIpc) is 2.95. The Hall–Kier alpha value is -3.36. The first-order valence-corrected chi connectivity index (χ1v) is 7.17. The highest BCUT2D eigenvalue weighted by atomic mass is 19.4. The van der Waals surface area contributed by atoms with E-state index >= 15 is 0 Å². The van der Waals surface area contributed by atoms with Crippen molar-refractivity contribution in [2.24, 2.45) is 5.73 Å². The molecule has 5 nitrogen and oxygen atoms in total. The molecule has 0 aliphatic carbocycles. The van der Waals surface area contributed by atoms with Gasteiger partial charge in [-0.05, 0) is 30.3 Å². The Morgan fingerprint density at radius 3 is 2.46 bits per heavy atom. The van der Waals surface area contributed by atoms with Crippen molar-refractivity contribution in [2.75, 3.05) is 0 Å². The first-order valence-electron chi connectivity index (χ1n) is 7.17. The van der Waals surface area contributed by atoms with E-state index in [9.17, 15) is 27.2 Å². The second-order valence-corrected chi connectivity index (χ2v) is 5.35. The zero-order chi connectivity index (χ0) is 19.1. The van der Waals surface area contributed by atoms with Crippen molar-refractivity contribution in [1.29, 1.82) is 0 Å². The van der Waals surface area contributed by atoms with Crippen molar-refractivity contribution >= 4 is 22.8 Å². The van der Waals surface area contributed by atoms with Gasteiger partial charge >= 0.3 is 12.1 Å². The summed E-state index contributed by atoms with van der Waals surface area (Å²) in [6.45, 7) is 0. The van der Waals surface area contributed by atoms with Crippen LogP contribution in [-0.2, 0) is 6.18 Å². The summed E-state index contributed by atoms with van der Waals surface area (Å²) in [5.74, 6) is -3.41. The second-order valence-electron chi connectivity index (χ2n) is 5.35. The van der Waals surface area contributed by atoms with Crippen molar-refractivity contribution < 1.29 is 31.9 Å². The van der Waals surface area contributed by atoms with Gasteiger partial charge in [-0.1, -0.05) is 6.07 Å². The van der Waals surface area contributed by atoms with Gasteiger partial charge in [0.05, 0.1) is 11.1 Å². The minimum Gasteiger partial charge on any atom is -0.406 e. The summed E-state index contributed by atoms with van der Waals surface area (Å²) in [5.41, 5.74) is 3.83. The molecule has 1 heterocycles. The minimum atomic E-state index is -4.95. The highest BCUT2D eigenvalue weighted by Gasteiger charge is 2.35. The number of esters is 1. The zero-order valence-corrected chi connectivity index (χ0v) is 12.9. The van der Waals surface area contributed by atoms with Gasteiger partial charge in [-0.25, -0.2) is 9.18 Å². The predicted octanol–water partition coefficient (Wildman–Crippen LogP) is 3.64. The van der Waals surface area contributed by atoms with Crippen LogP contribution in [0.1, 0.15) is 26.3 Å². The Labute approximate surface area is 143 Å². The number of amides is 1. The Bertz CT molecular complexity index is 1020. The van der Waals surface area contributed by atoms with Crippen LogP contribution in [0.15, 0.2) is 42.5 Å². The topological polar surface area (TPSA) is 85.2 Å². The summed E-state index contributed by atoms with van der Waals surface area (Å²) < 4.78 is 56.5. The van der Waals surface area contributed by atoms with Crippen LogP contribution in [0.3, 0.4) is 0 Å². The molecular formula is C17H10F4N2O3. The number of aromatic amines is 1. The lowest BCUT2D eigenvalue weighted by atomic mass is 10.1. The number of carbonyl (C=O) groups is 2. The van der Waals surface area contributed by atoms with E-state index in [2.05, 4.69) is 4.98 Å². The molecule has 3 aromatic rings. The van der Waals surface area contributed by atoms with E-state index in [0.29, 0.717) is 23.0 Å². The lowest BCUT2D eigenvalue weighted by Gasteiger charge is -2.09. The lowest BCUT2D eigenvalue weighted by molar-refractivity contribution is -0.140. The third-order valence-corrected chi connectivity index (χ3v) is 3.62. The number of benzene rings is 2. The number of aromatic nitrogens is 1. The highest BCUT2D eigenvalue weighted by Crippen LogP contribution is 2.32. The van der Waals surface area contributed by atoms with Crippen LogP contribution in [0.4, 0.5) is 17.6 Å². The molecule has 0 unspecified atom stereocenters. The zero-order valence-electron chi connectivity index (χ0n) is 12.9. The van der Waals surface area contributed by atoms with Crippen molar-refractivity contribution in [3.63, 3.8) is 0 Å². The molecule has 0 aliphatic heterocycles. The van der Waals surface area contributed by atoms with Crippen molar-refractivity contribution in [1.82, 2.24) is 4.98 Å². The molecule has 1 aromatic heterocycles. The number of alkyl halides is 3. The molecule has 0 aliphatic rings. The number of nitrogens with one attached hydrogen (secondary N) is 1. The van der Waals surface area contributed by atoms with Gasteiger partial charge in [0.25, 0.3) is 0 Å². The minimum absolute atomic E-state index is 0.100. The van der Waals surface area contributed by atoms with Gasteiger partial charge in [0.1, 0.15) is 5.82 Å². The van der Waals surface area contributed by atoms with Gasteiger partial charge < -0.3 is 15.5 Å². The molecule has 0 atom stereocenters. The number of carbonyl (C=O) groups excluding carboxylic acids is 2. The fourth-order valence-electron chi connectivity index (χ4n) is 2.43. The summed E-state index contributed by atoms with van der Waals surface area (Å²) in [6.07, 6.45) is -4.95. The number of ether oxygens (including phenoxy) is 1. The molecule has 0 bridgehead atoms.